The minimum Gasteiger partial charge on any atom is -0.288 e. The van der Waals surface area contributed by atoms with E-state index >= 15 is 0 Å². The summed E-state index contributed by atoms with van der Waals surface area (Å²) in [6, 6.07) is 8.21. The molecule has 0 aliphatic carbocycles. The fourth-order valence-electron chi connectivity index (χ4n) is 2.77. The first-order valence-corrected chi connectivity index (χ1v) is 11.7. The minimum atomic E-state index is -2.99. The molecule has 0 aliphatic rings. The average Bonchev–Trinajstić information content (AvgIpc) is 2.93. The largest absolute Gasteiger partial charge is 0.288 e. The molecule has 2 aromatic rings. The normalized spacial score (nSPS) is 12.5. The number of halogens is 2. The highest BCUT2D eigenvalue weighted by atomic mass is 35.5. The fraction of sp³-hybridized carbons (Fsp3) is 0.550. The van der Waals surface area contributed by atoms with Gasteiger partial charge in [-0.2, -0.15) is 0 Å². The summed E-state index contributed by atoms with van der Waals surface area (Å²) in [5.74, 6) is 0.290. The average molecular weight is 431 g/mol. The number of hydrogen-bond donors (Lipinski definition) is 0. The van der Waals surface area contributed by atoms with Crippen molar-refractivity contribution in [3.8, 4) is 5.69 Å². The van der Waals surface area contributed by atoms with Crippen molar-refractivity contribution >= 4 is 33.0 Å². The highest BCUT2D eigenvalue weighted by Gasteiger charge is 2.27. The van der Waals surface area contributed by atoms with Crippen molar-refractivity contribution < 1.29 is 8.42 Å². The van der Waals surface area contributed by atoms with E-state index in [0.717, 1.165) is 44.2 Å². The highest BCUT2D eigenvalue weighted by Crippen LogP contribution is 2.24. The lowest BCUT2D eigenvalue weighted by Gasteiger charge is -2.18. The third kappa shape index (κ3) is 6.23. The van der Waals surface area contributed by atoms with Crippen molar-refractivity contribution in [2.45, 2.75) is 64.0 Å². The third-order valence-corrected chi connectivity index (χ3v) is 8.12. The molecule has 0 unspecified atom stereocenters. The Morgan fingerprint density at radius 2 is 1.56 bits per heavy atom. The Hall–Kier alpha value is -1.04. The molecule has 2 rings (SSSR count). The summed E-state index contributed by atoms with van der Waals surface area (Å²) in [5, 5.41) is 0.717. The van der Waals surface area contributed by atoms with Gasteiger partial charge in [0, 0.05) is 5.69 Å². The third-order valence-electron chi connectivity index (χ3n) is 4.69. The van der Waals surface area contributed by atoms with Gasteiger partial charge in [0.2, 0.25) is 0 Å². The lowest BCUT2D eigenvalue weighted by Crippen LogP contribution is -2.30. The summed E-state index contributed by atoms with van der Waals surface area (Å²) in [6.45, 7) is 5.30. The smallest absolute Gasteiger partial charge is 0.166 e. The first-order chi connectivity index (χ1) is 12.6. The molecule has 1 heterocycles. The zero-order valence-corrected chi connectivity index (χ0v) is 18.5. The number of sulfone groups is 1. The van der Waals surface area contributed by atoms with Gasteiger partial charge < -0.3 is 0 Å². The van der Waals surface area contributed by atoms with E-state index < -0.39 is 14.6 Å². The van der Waals surface area contributed by atoms with Gasteiger partial charge in [0.05, 0.1) is 10.5 Å². The van der Waals surface area contributed by atoms with Crippen LogP contribution in [0.1, 0.15) is 58.4 Å². The Morgan fingerprint density at radius 3 is 2.11 bits per heavy atom. The lowest BCUT2D eigenvalue weighted by atomic mass is 10.1. The molecule has 150 valence electrons. The molecule has 0 fully saturated rings. The van der Waals surface area contributed by atoms with Gasteiger partial charge in [-0.05, 0) is 57.7 Å². The second-order valence-electron chi connectivity index (χ2n) is 7.81. The summed E-state index contributed by atoms with van der Waals surface area (Å²) >= 11 is 12.0. The van der Waals surface area contributed by atoms with E-state index in [4.69, 9.17) is 23.2 Å². The number of imidazole rings is 1. The van der Waals surface area contributed by atoms with Crippen molar-refractivity contribution in [2.75, 3.05) is 5.75 Å². The summed E-state index contributed by atoms with van der Waals surface area (Å²) in [7, 11) is -2.99. The summed E-state index contributed by atoms with van der Waals surface area (Å²) in [5.41, 5.74) is 2.21. The number of benzene rings is 1. The maximum Gasteiger partial charge on any atom is 0.166 e. The quantitative estimate of drug-likeness (QED) is 0.466. The molecule has 1 aromatic carbocycles. The highest BCUT2D eigenvalue weighted by molar-refractivity contribution is 7.92. The van der Waals surface area contributed by atoms with Crippen LogP contribution in [0, 0.1) is 0 Å². The van der Waals surface area contributed by atoms with Crippen LogP contribution in [0.5, 0.6) is 0 Å². The fourth-order valence-corrected chi connectivity index (χ4v) is 4.29. The van der Waals surface area contributed by atoms with E-state index in [-0.39, 0.29) is 0 Å². The molecule has 0 aliphatic heterocycles. The van der Waals surface area contributed by atoms with Crippen LogP contribution in [0.3, 0.4) is 0 Å². The Balaban J connectivity index is 1.69. The number of aryl methyl sites for hydroxylation is 1. The van der Waals surface area contributed by atoms with Gasteiger partial charge in [0.1, 0.15) is 6.33 Å². The van der Waals surface area contributed by atoms with Gasteiger partial charge in [0.25, 0.3) is 0 Å². The van der Waals surface area contributed by atoms with E-state index in [9.17, 15) is 8.42 Å². The van der Waals surface area contributed by atoms with E-state index in [1.165, 1.54) is 5.56 Å². The molecular weight excluding hydrogens is 403 g/mol. The van der Waals surface area contributed by atoms with Crippen molar-refractivity contribution in [1.29, 1.82) is 0 Å². The number of rotatable bonds is 9. The van der Waals surface area contributed by atoms with Gasteiger partial charge in [-0.1, -0.05) is 54.6 Å². The molecule has 0 bridgehead atoms. The predicted octanol–water partition coefficient (Wildman–Crippen LogP) is 5.89. The van der Waals surface area contributed by atoms with Gasteiger partial charge in [-0.3, -0.25) is 4.57 Å². The number of aromatic nitrogens is 2. The maximum atomic E-state index is 12.1. The van der Waals surface area contributed by atoms with Crippen LogP contribution < -0.4 is 0 Å². The Morgan fingerprint density at radius 1 is 0.963 bits per heavy atom. The second kappa shape index (κ2) is 9.44. The summed E-state index contributed by atoms with van der Waals surface area (Å²) < 4.78 is 25.2. The lowest BCUT2D eigenvalue weighted by molar-refractivity contribution is 0.552. The predicted molar refractivity (Wildman–Crippen MR) is 114 cm³/mol. The standard InChI is InChI=1S/C20H28Cl2N2O2S/c1-20(2,3)27(25,26)14-8-6-4-5-7-9-16-10-12-17(13-11-16)24-15-23-18(21)19(24)22/h10-13,15H,4-9,14H2,1-3H3. The van der Waals surface area contributed by atoms with Crippen LogP contribution in [0.2, 0.25) is 10.3 Å². The molecular formula is C20H28Cl2N2O2S. The van der Waals surface area contributed by atoms with Gasteiger partial charge in [-0.25, -0.2) is 13.4 Å². The summed E-state index contributed by atoms with van der Waals surface area (Å²) in [6.07, 6.45) is 7.62. The molecule has 0 N–H and O–H groups in total. The van der Waals surface area contributed by atoms with Crippen LogP contribution in [0.15, 0.2) is 30.6 Å². The van der Waals surface area contributed by atoms with Gasteiger partial charge in [0.15, 0.2) is 20.1 Å². The van der Waals surface area contributed by atoms with Crippen molar-refractivity contribution in [3.05, 3.63) is 46.5 Å². The van der Waals surface area contributed by atoms with Crippen LogP contribution in [-0.4, -0.2) is 28.5 Å². The molecule has 0 saturated heterocycles. The molecule has 27 heavy (non-hydrogen) atoms. The first-order valence-electron chi connectivity index (χ1n) is 9.32. The van der Waals surface area contributed by atoms with Crippen LogP contribution in [0.25, 0.3) is 5.69 Å². The van der Waals surface area contributed by atoms with Gasteiger partial charge in [-0.15, -0.1) is 0 Å². The Bertz CT molecular complexity index is 838. The molecule has 0 amide bonds. The molecule has 0 saturated carbocycles. The summed E-state index contributed by atoms with van der Waals surface area (Å²) in [4.78, 5) is 3.99. The van der Waals surface area contributed by atoms with Gasteiger partial charge >= 0.3 is 0 Å². The zero-order chi connectivity index (χ0) is 20.1. The number of hydrogen-bond acceptors (Lipinski definition) is 3. The molecule has 7 heteroatoms. The molecule has 0 spiro atoms. The monoisotopic (exact) mass is 430 g/mol. The molecule has 0 atom stereocenters. The zero-order valence-electron chi connectivity index (χ0n) is 16.2. The van der Waals surface area contributed by atoms with Crippen LogP contribution in [0.4, 0.5) is 0 Å². The van der Waals surface area contributed by atoms with E-state index in [1.54, 1.807) is 31.7 Å². The maximum absolute atomic E-state index is 12.1. The Kier molecular flexibility index (Phi) is 7.78. The SMILES string of the molecule is CC(C)(C)S(=O)(=O)CCCCCCCc1ccc(-n2cnc(Cl)c2Cl)cc1. The van der Waals surface area contributed by atoms with Crippen molar-refractivity contribution in [1.82, 2.24) is 9.55 Å². The van der Waals surface area contributed by atoms with Crippen LogP contribution >= 0.6 is 23.2 Å². The van der Waals surface area contributed by atoms with E-state index in [0.29, 0.717) is 16.1 Å². The minimum absolute atomic E-state index is 0.290. The second-order valence-corrected chi connectivity index (χ2v) is 11.4. The molecule has 0 radical (unpaired) electrons. The van der Waals surface area contributed by atoms with Crippen LogP contribution in [-0.2, 0) is 16.3 Å². The molecule has 1 aromatic heterocycles. The Labute approximate surface area is 172 Å². The number of unbranched alkanes of at least 4 members (excludes halogenated alkanes) is 4. The van der Waals surface area contributed by atoms with E-state index in [2.05, 4.69) is 17.1 Å². The number of nitrogens with zero attached hydrogens (tertiary/aromatic N) is 2. The van der Waals surface area contributed by atoms with E-state index in [1.807, 2.05) is 12.1 Å². The molecule has 4 nitrogen and oxygen atoms in total. The van der Waals surface area contributed by atoms with Crippen molar-refractivity contribution in [3.63, 3.8) is 0 Å². The van der Waals surface area contributed by atoms with Crippen molar-refractivity contribution in [2.24, 2.45) is 0 Å². The first kappa shape index (κ1) is 22.3. The topological polar surface area (TPSA) is 52.0 Å².